The number of carbonyl (C=O) groups excluding carboxylic acids is 1. The molecule has 2 bridgehead atoms. The molecule has 0 spiro atoms. The summed E-state index contributed by atoms with van der Waals surface area (Å²) in [7, 11) is -3.35. The van der Waals surface area contributed by atoms with Crippen LogP contribution in [0.1, 0.15) is 74.6 Å². The fraction of sp³-hybridized carbons (Fsp3) is 0.611. The Bertz CT molecular complexity index is 685. The Labute approximate surface area is 137 Å². The maximum atomic E-state index is 13.3. The summed E-state index contributed by atoms with van der Waals surface area (Å²) in [5, 5.41) is -0.266. The van der Waals surface area contributed by atoms with Crippen LogP contribution in [0.15, 0.2) is 24.3 Å². The van der Waals surface area contributed by atoms with E-state index in [1.807, 2.05) is 24.3 Å². The number of ketones is 1. The number of carbonyl (C=O) groups is 1. The third kappa shape index (κ3) is 2.45. The van der Waals surface area contributed by atoms with E-state index in [0.717, 1.165) is 49.7 Å². The van der Waals surface area contributed by atoms with Crippen molar-refractivity contribution >= 4 is 15.8 Å². The molecule has 0 radical (unpaired) electrons. The van der Waals surface area contributed by atoms with Crippen LogP contribution in [0, 0.1) is 0 Å². The van der Waals surface area contributed by atoms with Gasteiger partial charge in [-0.05, 0) is 24.0 Å². The zero-order valence-corrected chi connectivity index (χ0v) is 14.1. The highest BCUT2D eigenvalue weighted by Gasteiger charge is 2.51. The minimum absolute atomic E-state index is 0.184. The highest BCUT2D eigenvalue weighted by Crippen LogP contribution is 2.52. The molecular formula is C18H23NO3S. The van der Waals surface area contributed by atoms with Crippen LogP contribution in [0.3, 0.4) is 0 Å². The maximum absolute atomic E-state index is 13.3. The lowest BCUT2D eigenvalue weighted by Crippen LogP contribution is -2.43. The summed E-state index contributed by atoms with van der Waals surface area (Å²) < 4.78 is 28.4. The van der Waals surface area contributed by atoms with E-state index in [4.69, 9.17) is 0 Å². The molecule has 0 aromatic heterocycles. The van der Waals surface area contributed by atoms with E-state index in [2.05, 4.69) is 0 Å². The third-order valence-corrected chi connectivity index (χ3v) is 8.10. The Morgan fingerprint density at radius 1 is 0.870 bits per heavy atom. The zero-order chi connectivity index (χ0) is 16.0. The van der Waals surface area contributed by atoms with E-state index >= 15 is 0 Å². The van der Waals surface area contributed by atoms with E-state index in [1.54, 1.807) is 4.31 Å². The Kier molecular flexibility index (Phi) is 3.81. The second kappa shape index (κ2) is 5.71. The lowest BCUT2D eigenvalue weighted by molar-refractivity contribution is -0.123. The number of hydrogen-bond acceptors (Lipinski definition) is 3. The predicted molar refractivity (Wildman–Crippen MR) is 88.4 cm³/mol. The van der Waals surface area contributed by atoms with Gasteiger partial charge in [-0.2, -0.15) is 4.31 Å². The van der Waals surface area contributed by atoms with Gasteiger partial charge in [0.2, 0.25) is 10.0 Å². The van der Waals surface area contributed by atoms with Crippen molar-refractivity contribution in [1.82, 2.24) is 4.31 Å². The number of rotatable bonds is 2. The molecule has 2 atom stereocenters. The molecule has 3 aliphatic rings. The Morgan fingerprint density at radius 2 is 1.39 bits per heavy atom. The summed E-state index contributed by atoms with van der Waals surface area (Å²) >= 11 is 0. The number of benzene rings is 1. The zero-order valence-electron chi connectivity index (χ0n) is 13.3. The van der Waals surface area contributed by atoms with Crippen LogP contribution in [-0.4, -0.2) is 23.8 Å². The van der Waals surface area contributed by atoms with Crippen LogP contribution in [0.25, 0.3) is 0 Å². The number of sulfonamides is 1. The van der Waals surface area contributed by atoms with Crippen molar-refractivity contribution in [2.24, 2.45) is 0 Å². The third-order valence-electron chi connectivity index (χ3n) is 5.69. The Hall–Kier alpha value is -1.20. The van der Waals surface area contributed by atoms with Gasteiger partial charge in [0.15, 0.2) is 0 Å². The molecule has 124 valence electrons. The van der Waals surface area contributed by atoms with Crippen LogP contribution in [0.2, 0.25) is 0 Å². The van der Waals surface area contributed by atoms with Crippen LogP contribution in [-0.2, 0) is 14.8 Å². The molecule has 2 heterocycles. The minimum Gasteiger partial charge on any atom is -0.300 e. The standard InChI is InChI=1S/C18H23NO3S/c20-13-11-17-15-9-5-6-10-16(15)18(12-13)19(17)23(21,22)14-7-3-1-2-4-8-14/h5-6,9-10,14,17-18H,1-4,7-8,11-12H2. The summed E-state index contributed by atoms with van der Waals surface area (Å²) in [4.78, 5) is 12.1. The summed E-state index contributed by atoms with van der Waals surface area (Å²) in [5.74, 6) is 0.184. The van der Waals surface area contributed by atoms with Crippen LogP contribution in [0.4, 0.5) is 0 Å². The summed E-state index contributed by atoms with van der Waals surface area (Å²) in [6, 6.07) is 7.33. The first-order chi connectivity index (χ1) is 11.1. The van der Waals surface area contributed by atoms with Crippen molar-refractivity contribution < 1.29 is 13.2 Å². The van der Waals surface area contributed by atoms with Crippen molar-refractivity contribution in [3.05, 3.63) is 35.4 Å². The van der Waals surface area contributed by atoms with Gasteiger partial charge >= 0.3 is 0 Å². The maximum Gasteiger partial charge on any atom is 0.218 e. The van der Waals surface area contributed by atoms with Crippen LogP contribution < -0.4 is 0 Å². The average molecular weight is 333 g/mol. The first-order valence-corrected chi connectivity index (χ1v) is 10.2. The molecule has 4 rings (SSSR count). The molecule has 4 nitrogen and oxygen atoms in total. The van der Waals surface area contributed by atoms with E-state index in [1.165, 1.54) is 0 Å². The average Bonchev–Trinajstić information content (AvgIpc) is 2.74. The van der Waals surface area contributed by atoms with Crippen molar-refractivity contribution in [3.63, 3.8) is 0 Å². The second-order valence-corrected chi connectivity index (χ2v) is 9.21. The van der Waals surface area contributed by atoms with Gasteiger partial charge in [-0.1, -0.05) is 49.9 Å². The summed E-state index contributed by atoms with van der Waals surface area (Å²) in [6.45, 7) is 0. The van der Waals surface area contributed by atoms with Gasteiger partial charge in [0.25, 0.3) is 0 Å². The smallest absolute Gasteiger partial charge is 0.218 e. The summed E-state index contributed by atoms with van der Waals surface area (Å²) in [5.41, 5.74) is 2.08. The molecular weight excluding hydrogens is 310 g/mol. The van der Waals surface area contributed by atoms with Gasteiger partial charge in [-0.15, -0.1) is 0 Å². The first kappa shape index (κ1) is 15.3. The predicted octanol–water partition coefficient (Wildman–Crippen LogP) is 3.50. The van der Waals surface area contributed by atoms with E-state index in [-0.39, 0.29) is 23.1 Å². The van der Waals surface area contributed by atoms with Gasteiger partial charge in [0.05, 0.1) is 17.3 Å². The van der Waals surface area contributed by atoms with Crippen molar-refractivity contribution in [2.45, 2.75) is 68.7 Å². The normalized spacial score (nSPS) is 29.3. The van der Waals surface area contributed by atoms with E-state index < -0.39 is 10.0 Å². The highest BCUT2D eigenvalue weighted by atomic mass is 32.2. The SMILES string of the molecule is O=C1CC2c3ccccc3C(C1)N2S(=O)(=O)C1CCCCCC1. The minimum atomic E-state index is -3.35. The lowest BCUT2D eigenvalue weighted by Gasteiger charge is -2.36. The van der Waals surface area contributed by atoms with Gasteiger partial charge < -0.3 is 0 Å². The molecule has 1 saturated heterocycles. The molecule has 1 aliphatic carbocycles. The molecule has 5 heteroatoms. The highest BCUT2D eigenvalue weighted by molar-refractivity contribution is 7.89. The van der Waals surface area contributed by atoms with Gasteiger partial charge in [0, 0.05) is 12.8 Å². The lowest BCUT2D eigenvalue weighted by atomic mass is 10.0. The number of Topliss-reactive ketones (excluding diaryl/α,β-unsaturated/α-hetero) is 1. The molecule has 2 fully saturated rings. The number of hydrogen-bond donors (Lipinski definition) is 0. The largest absolute Gasteiger partial charge is 0.300 e. The van der Waals surface area contributed by atoms with Gasteiger partial charge in [-0.25, -0.2) is 8.42 Å². The fourth-order valence-corrected chi connectivity index (χ4v) is 6.95. The monoisotopic (exact) mass is 333 g/mol. The van der Waals surface area contributed by atoms with E-state index in [0.29, 0.717) is 12.8 Å². The molecule has 2 aliphatic heterocycles. The van der Waals surface area contributed by atoms with Crippen LogP contribution in [0.5, 0.6) is 0 Å². The molecule has 23 heavy (non-hydrogen) atoms. The second-order valence-electron chi connectivity index (χ2n) is 7.10. The van der Waals surface area contributed by atoms with E-state index in [9.17, 15) is 13.2 Å². The topological polar surface area (TPSA) is 54.5 Å². The summed E-state index contributed by atoms with van der Waals surface area (Å²) in [6.07, 6.45) is 6.47. The Balaban J connectivity index is 1.73. The number of fused-ring (bicyclic) bond motifs is 5. The molecule has 1 saturated carbocycles. The quantitative estimate of drug-likeness (QED) is 0.778. The molecule has 0 amide bonds. The number of piperidine rings is 1. The van der Waals surface area contributed by atoms with Gasteiger partial charge in [0.1, 0.15) is 5.78 Å². The fourth-order valence-electron chi connectivity index (χ4n) is 4.59. The number of nitrogens with zero attached hydrogens (tertiary/aromatic N) is 1. The molecule has 1 aromatic rings. The van der Waals surface area contributed by atoms with Crippen molar-refractivity contribution in [1.29, 1.82) is 0 Å². The Morgan fingerprint density at radius 3 is 1.91 bits per heavy atom. The van der Waals surface area contributed by atoms with Crippen molar-refractivity contribution in [2.75, 3.05) is 0 Å². The van der Waals surface area contributed by atoms with Crippen LogP contribution >= 0.6 is 0 Å². The van der Waals surface area contributed by atoms with Gasteiger partial charge in [-0.3, -0.25) is 4.79 Å². The first-order valence-electron chi connectivity index (χ1n) is 8.72. The molecule has 2 unspecified atom stereocenters. The molecule has 0 N–H and O–H groups in total. The molecule has 1 aromatic carbocycles. The van der Waals surface area contributed by atoms with Crippen molar-refractivity contribution in [3.8, 4) is 0 Å².